The molecule has 1 aliphatic carbocycles. The first-order chi connectivity index (χ1) is 7.23. The summed E-state index contributed by atoms with van der Waals surface area (Å²) in [5, 5.41) is 0. The highest BCUT2D eigenvalue weighted by atomic mass is 16.9. The molecule has 4 rings (SSSR count). The molecule has 0 aromatic heterocycles. The van der Waals surface area contributed by atoms with Crippen LogP contribution < -0.4 is 0 Å². The van der Waals surface area contributed by atoms with Gasteiger partial charge in [0.2, 0.25) is 0 Å². The predicted molar refractivity (Wildman–Crippen MR) is 55.3 cm³/mol. The minimum Gasteiger partial charge on any atom is -0.326 e. The Kier molecular flexibility index (Phi) is 2.31. The Morgan fingerprint density at radius 3 is 1.93 bits per heavy atom. The molecule has 86 valence electrons. The van der Waals surface area contributed by atoms with E-state index in [0.717, 1.165) is 19.8 Å². The molecule has 4 fully saturated rings. The second kappa shape index (κ2) is 3.44. The van der Waals surface area contributed by atoms with Crippen LogP contribution in [0.2, 0.25) is 0 Å². The second-order valence-electron chi connectivity index (χ2n) is 5.62. The molecule has 0 radical (unpaired) electrons. The smallest absolute Gasteiger partial charge is 0.285 e. The Bertz CT molecular complexity index is 221. The first-order valence-corrected chi connectivity index (χ1v) is 6.14. The third-order valence-corrected chi connectivity index (χ3v) is 3.97. The maximum absolute atomic E-state index is 5.86. The van der Waals surface area contributed by atoms with Crippen LogP contribution in [0.25, 0.3) is 0 Å². The molecule has 4 aliphatic rings. The molecule has 3 heterocycles. The maximum atomic E-state index is 5.86. The van der Waals surface area contributed by atoms with Crippen LogP contribution in [0.3, 0.4) is 0 Å². The van der Waals surface area contributed by atoms with Crippen LogP contribution >= 0.6 is 0 Å². The molecular formula is C12H20O3. The minimum absolute atomic E-state index is 0.0937. The fraction of sp³-hybridized carbons (Fsp3) is 1.00. The van der Waals surface area contributed by atoms with Crippen molar-refractivity contribution < 1.29 is 14.2 Å². The first-order valence-electron chi connectivity index (χ1n) is 6.14. The molecule has 0 atom stereocenters. The molecular weight excluding hydrogens is 192 g/mol. The number of ether oxygens (including phenoxy) is 3. The Morgan fingerprint density at radius 1 is 0.867 bits per heavy atom. The van der Waals surface area contributed by atoms with Gasteiger partial charge >= 0.3 is 0 Å². The molecule has 0 N–H and O–H groups in total. The van der Waals surface area contributed by atoms with Crippen molar-refractivity contribution in [1.82, 2.24) is 0 Å². The zero-order chi connectivity index (χ0) is 10.4. The van der Waals surface area contributed by atoms with E-state index in [4.69, 9.17) is 14.2 Å². The van der Waals surface area contributed by atoms with Crippen LogP contribution in [-0.4, -0.2) is 25.8 Å². The Hall–Kier alpha value is -0.120. The van der Waals surface area contributed by atoms with Crippen molar-refractivity contribution in [2.75, 3.05) is 19.8 Å². The summed E-state index contributed by atoms with van der Waals surface area (Å²) in [6, 6.07) is 0. The predicted octanol–water partition coefficient (Wildman–Crippen LogP) is 2.30. The monoisotopic (exact) mass is 212 g/mol. The summed E-state index contributed by atoms with van der Waals surface area (Å²) in [6.07, 6.45) is 6.32. The third kappa shape index (κ3) is 1.61. The third-order valence-electron chi connectivity index (χ3n) is 3.97. The first kappa shape index (κ1) is 10.1. The number of rotatable bonds is 1. The maximum Gasteiger partial charge on any atom is 0.285 e. The van der Waals surface area contributed by atoms with Crippen molar-refractivity contribution in [2.45, 2.75) is 45.0 Å². The van der Waals surface area contributed by atoms with E-state index in [1.807, 2.05) is 0 Å². The van der Waals surface area contributed by atoms with E-state index >= 15 is 0 Å². The number of fused-ring (bicyclic) bond motifs is 3. The summed E-state index contributed by atoms with van der Waals surface area (Å²) in [5.41, 5.74) is 0.0937. The average Bonchev–Trinajstić information content (AvgIpc) is 2.32. The molecule has 1 saturated carbocycles. The summed E-state index contributed by atoms with van der Waals surface area (Å²) < 4.78 is 17.6. The average molecular weight is 212 g/mol. The lowest BCUT2D eigenvalue weighted by molar-refractivity contribution is -0.485. The molecule has 15 heavy (non-hydrogen) atoms. The van der Waals surface area contributed by atoms with Gasteiger partial charge in [0.05, 0.1) is 19.8 Å². The molecule has 3 saturated heterocycles. The van der Waals surface area contributed by atoms with Gasteiger partial charge in [0.1, 0.15) is 0 Å². The fourth-order valence-electron chi connectivity index (χ4n) is 2.88. The van der Waals surface area contributed by atoms with E-state index in [0.29, 0.717) is 5.92 Å². The van der Waals surface area contributed by atoms with E-state index in [-0.39, 0.29) is 5.41 Å². The fourth-order valence-corrected chi connectivity index (χ4v) is 2.88. The molecule has 0 amide bonds. The summed E-state index contributed by atoms with van der Waals surface area (Å²) in [7, 11) is 0. The van der Waals surface area contributed by atoms with Gasteiger partial charge in [-0.25, -0.2) is 0 Å². The van der Waals surface area contributed by atoms with Gasteiger partial charge in [0, 0.05) is 11.3 Å². The van der Waals surface area contributed by atoms with Gasteiger partial charge in [-0.05, 0) is 12.8 Å². The van der Waals surface area contributed by atoms with Gasteiger partial charge in [-0.1, -0.05) is 26.2 Å². The van der Waals surface area contributed by atoms with Gasteiger partial charge in [-0.15, -0.1) is 0 Å². The highest BCUT2D eigenvalue weighted by molar-refractivity contribution is 4.88. The summed E-state index contributed by atoms with van der Waals surface area (Å²) in [5.74, 6) is -0.214. The van der Waals surface area contributed by atoms with Crippen molar-refractivity contribution in [3.8, 4) is 0 Å². The molecule has 3 heteroatoms. The molecule has 2 bridgehead atoms. The Labute approximate surface area is 91.1 Å². The standard InChI is InChI=1S/C12H20O3/c1-11-7-13-12(14-8-11,15-9-11)10-5-3-2-4-6-10/h10H,2-9H2,1H3. The van der Waals surface area contributed by atoms with Crippen molar-refractivity contribution in [2.24, 2.45) is 11.3 Å². The Balaban J connectivity index is 1.74. The lowest BCUT2D eigenvalue weighted by Crippen LogP contribution is -2.62. The lowest BCUT2D eigenvalue weighted by Gasteiger charge is -2.53. The SMILES string of the molecule is CC12COC(C3CCCCC3)(OC1)OC2. The van der Waals surface area contributed by atoms with Crippen molar-refractivity contribution >= 4 is 0 Å². The van der Waals surface area contributed by atoms with Crippen LogP contribution in [0.4, 0.5) is 0 Å². The molecule has 0 spiro atoms. The Morgan fingerprint density at radius 2 is 1.40 bits per heavy atom. The van der Waals surface area contributed by atoms with Gasteiger partial charge < -0.3 is 14.2 Å². The van der Waals surface area contributed by atoms with Gasteiger partial charge in [0.15, 0.2) is 0 Å². The molecule has 3 aliphatic heterocycles. The zero-order valence-corrected chi connectivity index (χ0v) is 9.46. The lowest BCUT2D eigenvalue weighted by atomic mass is 9.84. The van der Waals surface area contributed by atoms with E-state index in [1.54, 1.807) is 0 Å². The highest BCUT2D eigenvalue weighted by Crippen LogP contribution is 2.46. The molecule has 0 aromatic rings. The van der Waals surface area contributed by atoms with Crippen LogP contribution in [0.1, 0.15) is 39.0 Å². The van der Waals surface area contributed by atoms with Crippen LogP contribution in [0.5, 0.6) is 0 Å². The van der Waals surface area contributed by atoms with E-state index in [2.05, 4.69) is 6.92 Å². The van der Waals surface area contributed by atoms with Gasteiger partial charge in [0.25, 0.3) is 5.97 Å². The van der Waals surface area contributed by atoms with E-state index in [9.17, 15) is 0 Å². The highest BCUT2D eigenvalue weighted by Gasteiger charge is 2.54. The summed E-state index contributed by atoms with van der Waals surface area (Å²) in [6.45, 7) is 4.55. The van der Waals surface area contributed by atoms with Crippen molar-refractivity contribution in [1.29, 1.82) is 0 Å². The van der Waals surface area contributed by atoms with Crippen LogP contribution in [0, 0.1) is 11.3 Å². The summed E-state index contributed by atoms with van der Waals surface area (Å²) >= 11 is 0. The second-order valence-corrected chi connectivity index (χ2v) is 5.62. The molecule has 0 aromatic carbocycles. The largest absolute Gasteiger partial charge is 0.326 e. The normalized spacial score (nSPS) is 47.0. The number of hydrogen-bond acceptors (Lipinski definition) is 3. The van der Waals surface area contributed by atoms with E-state index < -0.39 is 5.97 Å². The minimum atomic E-state index is -0.668. The van der Waals surface area contributed by atoms with Crippen molar-refractivity contribution in [3.05, 3.63) is 0 Å². The van der Waals surface area contributed by atoms with Gasteiger partial charge in [-0.2, -0.15) is 0 Å². The summed E-state index contributed by atoms with van der Waals surface area (Å²) in [4.78, 5) is 0. The van der Waals surface area contributed by atoms with Crippen LogP contribution in [-0.2, 0) is 14.2 Å². The molecule has 0 unspecified atom stereocenters. The zero-order valence-electron chi connectivity index (χ0n) is 9.46. The molecule has 3 nitrogen and oxygen atoms in total. The topological polar surface area (TPSA) is 27.7 Å². The van der Waals surface area contributed by atoms with Crippen molar-refractivity contribution in [3.63, 3.8) is 0 Å². The van der Waals surface area contributed by atoms with E-state index in [1.165, 1.54) is 32.1 Å². The van der Waals surface area contributed by atoms with Gasteiger partial charge in [-0.3, -0.25) is 0 Å². The quantitative estimate of drug-likeness (QED) is 0.667. The number of hydrogen-bond donors (Lipinski definition) is 0. The van der Waals surface area contributed by atoms with Crippen LogP contribution in [0.15, 0.2) is 0 Å².